The lowest BCUT2D eigenvalue weighted by molar-refractivity contribution is 0.616. The minimum atomic E-state index is 1.18. The van der Waals surface area contributed by atoms with E-state index in [9.17, 15) is 0 Å². The second-order valence-corrected chi connectivity index (χ2v) is 3.46. The standard InChI is InChI=1S/C8H14/c1-2-7(1)5-6-8-3-4-8/h7-8H,1-6H2. The predicted octanol–water partition coefficient (Wildman–Crippen LogP) is 2.59. The summed E-state index contributed by atoms with van der Waals surface area (Å²) in [6.45, 7) is 0. The summed E-state index contributed by atoms with van der Waals surface area (Å²) >= 11 is 0. The van der Waals surface area contributed by atoms with Gasteiger partial charge in [0.1, 0.15) is 0 Å². The fourth-order valence-electron chi connectivity index (χ4n) is 1.28. The van der Waals surface area contributed by atoms with Crippen LogP contribution in [-0.4, -0.2) is 0 Å². The monoisotopic (exact) mass is 110 g/mol. The van der Waals surface area contributed by atoms with E-state index < -0.39 is 0 Å². The van der Waals surface area contributed by atoms with E-state index in [4.69, 9.17) is 0 Å². The number of hydrogen-bond acceptors (Lipinski definition) is 0. The van der Waals surface area contributed by atoms with Gasteiger partial charge in [-0.15, -0.1) is 0 Å². The van der Waals surface area contributed by atoms with Gasteiger partial charge in [0.15, 0.2) is 0 Å². The van der Waals surface area contributed by atoms with Crippen molar-refractivity contribution >= 4 is 0 Å². The summed E-state index contributed by atoms with van der Waals surface area (Å²) in [6, 6.07) is 0. The van der Waals surface area contributed by atoms with Gasteiger partial charge in [-0.1, -0.05) is 38.5 Å². The minimum absolute atomic E-state index is 1.18. The first-order valence-electron chi connectivity index (χ1n) is 3.95. The van der Waals surface area contributed by atoms with E-state index in [0.717, 1.165) is 0 Å². The van der Waals surface area contributed by atoms with Gasteiger partial charge in [-0.25, -0.2) is 0 Å². The summed E-state index contributed by atoms with van der Waals surface area (Å²) in [5.74, 6) is 2.35. The summed E-state index contributed by atoms with van der Waals surface area (Å²) in [6.07, 6.45) is 9.31. The molecule has 2 fully saturated rings. The Bertz CT molecular complexity index is 66.0. The summed E-state index contributed by atoms with van der Waals surface area (Å²) in [5, 5.41) is 0. The molecule has 0 atom stereocenters. The van der Waals surface area contributed by atoms with Gasteiger partial charge in [0, 0.05) is 0 Å². The highest BCUT2D eigenvalue weighted by Gasteiger charge is 2.26. The second kappa shape index (κ2) is 1.75. The first kappa shape index (κ1) is 4.84. The molecule has 2 aliphatic rings. The highest BCUT2D eigenvalue weighted by atomic mass is 14.3. The maximum Gasteiger partial charge on any atom is -0.0414 e. The van der Waals surface area contributed by atoms with Gasteiger partial charge in [-0.2, -0.15) is 0 Å². The lowest BCUT2D eigenvalue weighted by Crippen LogP contribution is -1.77. The van der Waals surface area contributed by atoms with Gasteiger partial charge >= 0.3 is 0 Å². The van der Waals surface area contributed by atoms with Gasteiger partial charge in [0.2, 0.25) is 0 Å². The van der Waals surface area contributed by atoms with Crippen LogP contribution < -0.4 is 0 Å². The Labute approximate surface area is 51.3 Å². The van der Waals surface area contributed by atoms with Crippen LogP contribution >= 0.6 is 0 Å². The Balaban J connectivity index is 1.56. The zero-order chi connectivity index (χ0) is 5.40. The number of rotatable bonds is 3. The summed E-state index contributed by atoms with van der Waals surface area (Å²) in [7, 11) is 0. The lowest BCUT2D eigenvalue weighted by Gasteiger charge is -1.91. The van der Waals surface area contributed by atoms with Crippen molar-refractivity contribution in [3.8, 4) is 0 Å². The molecule has 2 saturated carbocycles. The SMILES string of the molecule is C1CC1CCC1CC1. The Hall–Kier alpha value is 0. The molecule has 0 unspecified atom stereocenters. The highest BCUT2D eigenvalue weighted by Crippen LogP contribution is 2.40. The molecule has 0 nitrogen and oxygen atoms in total. The molecule has 0 aliphatic heterocycles. The van der Waals surface area contributed by atoms with E-state index in [2.05, 4.69) is 0 Å². The minimum Gasteiger partial charge on any atom is -0.0502 e. The maximum absolute atomic E-state index is 1.56. The molecule has 0 saturated heterocycles. The molecule has 0 N–H and O–H groups in total. The van der Waals surface area contributed by atoms with Crippen molar-refractivity contribution in [2.45, 2.75) is 38.5 Å². The average Bonchev–Trinajstić information content (AvgIpc) is 2.60. The molecule has 0 heteroatoms. The third-order valence-corrected chi connectivity index (χ3v) is 2.38. The van der Waals surface area contributed by atoms with Gasteiger partial charge in [0.05, 0.1) is 0 Å². The molecule has 0 amide bonds. The molecule has 46 valence electrons. The quantitative estimate of drug-likeness (QED) is 0.524. The molecule has 0 heterocycles. The largest absolute Gasteiger partial charge is 0.0502 e. The van der Waals surface area contributed by atoms with Gasteiger partial charge in [0.25, 0.3) is 0 Å². The molecule has 0 spiro atoms. The van der Waals surface area contributed by atoms with E-state index in [0.29, 0.717) is 0 Å². The zero-order valence-electron chi connectivity index (χ0n) is 5.40. The van der Waals surface area contributed by atoms with E-state index in [1.165, 1.54) is 11.8 Å². The molecule has 0 bridgehead atoms. The van der Waals surface area contributed by atoms with Crippen molar-refractivity contribution in [3.05, 3.63) is 0 Å². The van der Waals surface area contributed by atoms with Crippen LogP contribution in [0.1, 0.15) is 38.5 Å². The fourth-order valence-corrected chi connectivity index (χ4v) is 1.28. The van der Waals surface area contributed by atoms with Crippen LogP contribution in [0.15, 0.2) is 0 Å². The van der Waals surface area contributed by atoms with Crippen molar-refractivity contribution in [1.82, 2.24) is 0 Å². The van der Waals surface area contributed by atoms with Crippen molar-refractivity contribution in [2.75, 3.05) is 0 Å². The molecule has 2 rings (SSSR count). The zero-order valence-corrected chi connectivity index (χ0v) is 5.40. The average molecular weight is 110 g/mol. The molecule has 0 aromatic rings. The third kappa shape index (κ3) is 1.24. The van der Waals surface area contributed by atoms with Crippen LogP contribution in [0, 0.1) is 11.8 Å². The summed E-state index contributed by atoms with van der Waals surface area (Å²) in [4.78, 5) is 0. The Morgan fingerprint density at radius 3 is 1.38 bits per heavy atom. The highest BCUT2D eigenvalue weighted by molar-refractivity contribution is 4.79. The third-order valence-electron chi connectivity index (χ3n) is 2.38. The molecule has 2 aliphatic carbocycles. The van der Waals surface area contributed by atoms with E-state index >= 15 is 0 Å². The summed E-state index contributed by atoms with van der Waals surface area (Å²) < 4.78 is 0. The van der Waals surface area contributed by atoms with Crippen molar-refractivity contribution in [2.24, 2.45) is 11.8 Å². The normalized spacial score (nSPS) is 28.5. The molecule has 0 radical (unpaired) electrons. The first-order chi connectivity index (χ1) is 3.95. The molecule has 8 heavy (non-hydrogen) atoms. The fraction of sp³-hybridized carbons (Fsp3) is 1.00. The Kier molecular flexibility index (Phi) is 1.06. The van der Waals surface area contributed by atoms with E-state index in [-0.39, 0.29) is 0 Å². The number of hydrogen-bond donors (Lipinski definition) is 0. The second-order valence-electron chi connectivity index (χ2n) is 3.46. The lowest BCUT2D eigenvalue weighted by atomic mass is 10.2. The van der Waals surface area contributed by atoms with Gasteiger partial charge in [-0.05, 0) is 11.8 Å². The van der Waals surface area contributed by atoms with Crippen molar-refractivity contribution < 1.29 is 0 Å². The summed E-state index contributed by atoms with van der Waals surface area (Å²) in [5.41, 5.74) is 0. The first-order valence-corrected chi connectivity index (χ1v) is 3.95. The maximum atomic E-state index is 1.56. The van der Waals surface area contributed by atoms with Crippen LogP contribution in [0.3, 0.4) is 0 Å². The Morgan fingerprint density at radius 1 is 0.750 bits per heavy atom. The van der Waals surface area contributed by atoms with Crippen LogP contribution in [0.4, 0.5) is 0 Å². The van der Waals surface area contributed by atoms with Crippen molar-refractivity contribution in [3.63, 3.8) is 0 Å². The predicted molar refractivity (Wildman–Crippen MR) is 34.7 cm³/mol. The van der Waals surface area contributed by atoms with E-state index in [1.54, 1.807) is 38.5 Å². The topological polar surface area (TPSA) is 0 Å². The molecule has 0 aromatic carbocycles. The van der Waals surface area contributed by atoms with Crippen LogP contribution in [-0.2, 0) is 0 Å². The molecular weight excluding hydrogens is 96.1 g/mol. The van der Waals surface area contributed by atoms with Crippen molar-refractivity contribution in [1.29, 1.82) is 0 Å². The molecule has 0 aromatic heterocycles. The van der Waals surface area contributed by atoms with Gasteiger partial charge < -0.3 is 0 Å². The van der Waals surface area contributed by atoms with E-state index in [1.807, 2.05) is 0 Å². The smallest absolute Gasteiger partial charge is 0.0414 e. The van der Waals surface area contributed by atoms with Crippen LogP contribution in [0.2, 0.25) is 0 Å². The Morgan fingerprint density at radius 2 is 1.12 bits per heavy atom. The van der Waals surface area contributed by atoms with Crippen LogP contribution in [0.5, 0.6) is 0 Å². The van der Waals surface area contributed by atoms with Gasteiger partial charge in [-0.3, -0.25) is 0 Å². The molecular formula is C8H14. The van der Waals surface area contributed by atoms with Crippen LogP contribution in [0.25, 0.3) is 0 Å².